The third-order valence-electron chi connectivity index (χ3n) is 3.86. The van der Waals surface area contributed by atoms with Gasteiger partial charge in [0.1, 0.15) is 0 Å². The lowest BCUT2D eigenvalue weighted by Gasteiger charge is -2.19. The van der Waals surface area contributed by atoms with E-state index in [2.05, 4.69) is 83.7 Å². The number of unbranched alkanes of at least 4 members (excludes halogenated alkanes) is 1. The average molecular weight is 725 g/mol. The molecule has 0 aromatic heterocycles. The van der Waals surface area contributed by atoms with Gasteiger partial charge in [0.05, 0.1) is 24.0 Å². The molecular formula is C19H26I3N3O3. The molecule has 156 valence electrons. The van der Waals surface area contributed by atoms with Crippen molar-refractivity contribution in [3.63, 3.8) is 0 Å². The first-order valence-electron chi connectivity index (χ1n) is 9.36. The van der Waals surface area contributed by atoms with Gasteiger partial charge in [-0.25, -0.2) is 0 Å². The van der Waals surface area contributed by atoms with E-state index in [1.54, 1.807) is 0 Å². The monoisotopic (exact) mass is 725 g/mol. The number of anilines is 1. The fraction of sp³-hybridized carbons (Fsp3) is 0.526. The van der Waals surface area contributed by atoms with E-state index in [1.807, 2.05) is 20.8 Å². The van der Waals surface area contributed by atoms with E-state index in [-0.39, 0.29) is 17.7 Å². The Balaban J connectivity index is 3.49. The van der Waals surface area contributed by atoms with Crippen LogP contribution in [-0.4, -0.2) is 30.8 Å². The minimum atomic E-state index is -0.236. The molecule has 1 aromatic carbocycles. The summed E-state index contributed by atoms with van der Waals surface area (Å²) in [5.41, 5.74) is 1.40. The molecule has 0 fully saturated rings. The Hall–Kier alpha value is -0.180. The van der Waals surface area contributed by atoms with E-state index < -0.39 is 0 Å². The molecule has 0 saturated heterocycles. The first kappa shape index (κ1) is 25.9. The Morgan fingerprint density at radius 2 is 1.21 bits per heavy atom. The second-order valence-electron chi connectivity index (χ2n) is 6.23. The first-order valence-corrected chi connectivity index (χ1v) is 12.6. The van der Waals surface area contributed by atoms with E-state index in [4.69, 9.17) is 0 Å². The van der Waals surface area contributed by atoms with Crippen LogP contribution in [-0.2, 0) is 4.79 Å². The van der Waals surface area contributed by atoms with Crippen LogP contribution >= 0.6 is 67.8 Å². The molecule has 0 spiro atoms. The van der Waals surface area contributed by atoms with Crippen LogP contribution in [0.25, 0.3) is 0 Å². The Labute approximate surface area is 207 Å². The third-order valence-corrected chi connectivity index (χ3v) is 7.10. The highest BCUT2D eigenvalue weighted by molar-refractivity contribution is 14.1. The van der Waals surface area contributed by atoms with E-state index in [1.165, 1.54) is 0 Å². The summed E-state index contributed by atoms with van der Waals surface area (Å²) in [6, 6.07) is 0. The van der Waals surface area contributed by atoms with Crippen LogP contribution in [0.1, 0.15) is 73.6 Å². The maximum Gasteiger partial charge on any atom is 0.253 e. The summed E-state index contributed by atoms with van der Waals surface area (Å²) >= 11 is 6.22. The van der Waals surface area contributed by atoms with Crippen LogP contribution in [0.15, 0.2) is 0 Å². The van der Waals surface area contributed by atoms with Crippen LogP contribution in [0.4, 0.5) is 5.69 Å². The SMILES string of the molecule is CCCCC(=O)Nc1c(I)c(C(=O)NCCC)c(I)c(C(=O)NCCC)c1I. The fourth-order valence-corrected chi connectivity index (χ4v) is 6.78. The van der Waals surface area contributed by atoms with Crippen molar-refractivity contribution in [1.29, 1.82) is 0 Å². The zero-order chi connectivity index (χ0) is 21.3. The number of amides is 3. The maximum absolute atomic E-state index is 12.8. The van der Waals surface area contributed by atoms with Crippen molar-refractivity contribution >= 4 is 91.2 Å². The van der Waals surface area contributed by atoms with Gasteiger partial charge in [-0.3, -0.25) is 14.4 Å². The molecule has 0 aliphatic rings. The van der Waals surface area contributed by atoms with Gasteiger partial charge in [0.25, 0.3) is 11.8 Å². The quantitative estimate of drug-likeness (QED) is 0.300. The Bertz CT molecular complexity index is 692. The van der Waals surface area contributed by atoms with E-state index in [0.717, 1.165) is 25.7 Å². The van der Waals surface area contributed by atoms with Gasteiger partial charge >= 0.3 is 0 Å². The summed E-state index contributed by atoms with van der Waals surface area (Å²) < 4.78 is 1.90. The minimum absolute atomic E-state index is 0.112. The first-order chi connectivity index (χ1) is 13.3. The van der Waals surface area contributed by atoms with Crippen LogP contribution < -0.4 is 16.0 Å². The maximum atomic E-state index is 12.8. The number of rotatable bonds is 10. The Morgan fingerprint density at radius 3 is 1.61 bits per heavy atom. The molecule has 28 heavy (non-hydrogen) atoms. The fourth-order valence-electron chi connectivity index (χ4n) is 2.37. The molecule has 3 amide bonds. The molecule has 0 atom stereocenters. The van der Waals surface area contributed by atoms with E-state index >= 15 is 0 Å². The predicted molar refractivity (Wildman–Crippen MR) is 138 cm³/mol. The molecule has 0 aliphatic heterocycles. The molecule has 9 heteroatoms. The number of nitrogens with one attached hydrogen (secondary N) is 3. The number of benzene rings is 1. The highest BCUT2D eigenvalue weighted by Gasteiger charge is 2.28. The molecule has 0 unspecified atom stereocenters. The molecule has 0 bridgehead atoms. The summed E-state index contributed by atoms with van der Waals surface area (Å²) in [6.45, 7) is 7.08. The lowest BCUT2D eigenvalue weighted by Crippen LogP contribution is -2.31. The van der Waals surface area contributed by atoms with Gasteiger partial charge in [0, 0.05) is 23.1 Å². The molecule has 0 aliphatic carbocycles. The number of carbonyl (C=O) groups excluding carboxylic acids is 3. The standard InChI is InChI=1S/C19H26I3N3O3/c1-4-7-8-11(26)25-17-15(21)12(18(27)23-9-5-2)14(20)13(16(17)22)19(28)24-10-6-3/h4-10H2,1-3H3,(H,23,27)(H,24,28)(H,25,26). The number of hydrogen-bond donors (Lipinski definition) is 3. The molecule has 3 N–H and O–H groups in total. The van der Waals surface area contributed by atoms with Gasteiger partial charge in [-0.15, -0.1) is 0 Å². The van der Waals surface area contributed by atoms with Crippen LogP contribution in [0.5, 0.6) is 0 Å². The van der Waals surface area contributed by atoms with Gasteiger partial charge in [-0.1, -0.05) is 27.2 Å². The zero-order valence-electron chi connectivity index (χ0n) is 16.3. The predicted octanol–water partition coefficient (Wildman–Crippen LogP) is 4.91. The normalized spacial score (nSPS) is 10.5. The Morgan fingerprint density at radius 1 is 0.750 bits per heavy atom. The van der Waals surface area contributed by atoms with Gasteiger partial charge in [0.2, 0.25) is 5.91 Å². The molecule has 6 nitrogen and oxygen atoms in total. The van der Waals surface area contributed by atoms with Crippen LogP contribution in [0.2, 0.25) is 0 Å². The summed E-state index contributed by atoms with van der Waals surface area (Å²) in [5.74, 6) is -0.583. The van der Waals surface area contributed by atoms with Crippen molar-refractivity contribution in [3.05, 3.63) is 21.8 Å². The number of carbonyl (C=O) groups is 3. The zero-order valence-corrected chi connectivity index (χ0v) is 22.8. The van der Waals surface area contributed by atoms with Crippen molar-refractivity contribution in [2.45, 2.75) is 52.9 Å². The molecule has 1 aromatic rings. The van der Waals surface area contributed by atoms with Gasteiger partial charge < -0.3 is 16.0 Å². The third kappa shape index (κ3) is 6.96. The molecule has 0 radical (unpaired) electrons. The second-order valence-corrected chi connectivity index (χ2v) is 9.47. The molecule has 0 saturated carbocycles. The summed E-state index contributed by atoms with van der Waals surface area (Å²) in [5, 5.41) is 8.68. The smallest absolute Gasteiger partial charge is 0.253 e. The summed E-state index contributed by atoms with van der Waals surface area (Å²) in [4.78, 5) is 37.9. The lowest BCUT2D eigenvalue weighted by atomic mass is 10.1. The largest absolute Gasteiger partial charge is 0.352 e. The van der Waals surface area contributed by atoms with Gasteiger partial charge in [0.15, 0.2) is 0 Å². The molecule has 1 rings (SSSR count). The second kappa shape index (κ2) is 13.2. The Kier molecular flexibility index (Phi) is 12.2. The number of halogens is 3. The van der Waals surface area contributed by atoms with Crippen molar-refractivity contribution in [3.8, 4) is 0 Å². The summed E-state index contributed by atoms with van der Waals surface area (Å²) in [6.07, 6.45) is 3.74. The highest BCUT2D eigenvalue weighted by atomic mass is 127. The lowest BCUT2D eigenvalue weighted by molar-refractivity contribution is -0.116. The topological polar surface area (TPSA) is 87.3 Å². The molecular weight excluding hydrogens is 699 g/mol. The van der Waals surface area contributed by atoms with Gasteiger partial charge in [-0.05, 0) is 87.0 Å². The van der Waals surface area contributed by atoms with Crippen molar-refractivity contribution in [2.24, 2.45) is 0 Å². The summed E-state index contributed by atoms with van der Waals surface area (Å²) in [7, 11) is 0. The average Bonchev–Trinajstić information content (AvgIpc) is 2.66. The van der Waals surface area contributed by atoms with Crippen molar-refractivity contribution in [1.82, 2.24) is 10.6 Å². The van der Waals surface area contributed by atoms with Crippen molar-refractivity contribution < 1.29 is 14.4 Å². The van der Waals surface area contributed by atoms with Gasteiger partial charge in [-0.2, -0.15) is 0 Å². The minimum Gasteiger partial charge on any atom is -0.352 e. The van der Waals surface area contributed by atoms with E-state index in [0.29, 0.717) is 47.0 Å². The van der Waals surface area contributed by atoms with Crippen LogP contribution in [0.3, 0.4) is 0 Å². The number of hydrogen-bond acceptors (Lipinski definition) is 3. The van der Waals surface area contributed by atoms with Crippen LogP contribution in [0, 0.1) is 10.7 Å². The van der Waals surface area contributed by atoms with Crippen molar-refractivity contribution in [2.75, 3.05) is 18.4 Å². The van der Waals surface area contributed by atoms with E-state index in [9.17, 15) is 14.4 Å². The molecule has 0 heterocycles. The highest BCUT2D eigenvalue weighted by Crippen LogP contribution is 2.36.